The van der Waals surface area contributed by atoms with Crippen LogP contribution in [0.15, 0.2) is 91.0 Å². The minimum Gasteiger partial charge on any atom is -0.293 e. The van der Waals surface area contributed by atoms with Gasteiger partial charge in [0.05, 0.1) is 11.8 Å². The first-order valence-corrected chi connectivity index (χ1v) is 8.48. The van der Waals surface area contributed by atoms with Gasteiger partial charge < -0.3 is 0 Å². The van der Waals surface area contributed by atoms with Crippen molar-refractivity contribution in [3.8, 4) is 0 Å². The number of nitro groups is 1. The smallest absolute Gasteiger partial charge is 0.211 e. The molecule has 2 atom stereocenters. The van der Waals surface area contributed by atoms with E-state index in [0.717, 1.165) is 11.1 Å². The SMILES string of the molecule is O=C(c1ccccc1)C(c1ccccc1)C(C[N+](=O)[O-])c1ccccc1. The van der Waals surface area contributed by atoms with E-state index in [1.54, 1.807) is 24.3 Å². The molecule has 3 aromatic carbocycles. The standard InChI is InChI=1S/C22H19NO3/c24-22(19-14-8-3-9-15-19)21(18-12-6-2-7-13-18)20(16-23(25)26)17-10-4-1-5-11-17/h1-15,20-21H,16H2. The number of hydrogen-bond donors (Lipinski definition) is 0. The summed E-state index contributed by atoms with van der Waals surface area (Å²) in [6.45, 7) is -0.303. The molecule has 3 aromatic rings. The fraction of sp³-hybridized carbons (Fsp3) is 0.136. The fourth-order valence-electron chi connectivity index (χ4n) is 3.27. The minimum absolute atomic E-state index is 0.104. The van der Waals surface area contributed by atoms with E-state index >= 15 is 0 Å². The number of carbonyl (C=O) groups excluding carboxylic acids is 1. The van der Waals surface area contributed by atoms with Crippen molar-refractivity contribution in [2.45, 2.75) is 11.8 Å². The van der Waals surface area contributed by atoms with E-state index < -0.39 is 11.8 Å². The lowest BCUT2D eigenvalue weighted by Crippen LogP contribution is -2.26. The second-order valence-corrected chi connectivity index (χ2v) is 6.15. The van der Waals surface area contributed by atoms with Crippen LogP contribution >= 0.6 is 0 Å². The van der Waals surface area contributed by atoms with Crippen LogP contribution in [-0.2, 0) is 0 Å². The van der Waals surface area contributed by atoms with E-state index in [2.05, 4.69) is 0 Å². The Balaban J connectivity index is 2.11. The molecule has 0 bridgehead atoms. The summed E-state index contributed by atoms with van der Waals surface area (Å²) in [7, 11) is 0. The maximum absolute atomic E-state index is 13.3. The molecule has 3 rings (SSSR count). The number of ketones is 1. The van der Waals surface area contributed by atoms with Gasteiger partial charge in [0.1, 0.15) is 0 Å². The van der Waals surface area contributed by atoms with Crippen LogP contribution in [-0.4, -0.2) is 17.3 Å². The van der Waals surface area contributed by atoms with Crippen molar-refractivity contribution < 1.29 is 9.72 Å². The lowest BCUT2D eigenvalue weighted by atomic mass is 9.77. The first-order chi connectivity index (χ1) is 12.7. The highest BCUT2D eigenvalue weighted by Crippen LogP contribution is 2.36. The zero-order valence-electron chi connectivity index (χ0n) is 14.2. The summed E-state index contributed by atoms with van der Waals surface area (Å²) in [4.78, 5) is 24.3. The monoisotopic (exact) mass is 345 g/mol. The zero-order valence-corrected chi connectivity index (χ0v) is 14.2. The van der Waals surface area contributed by atoms with E-state index in [1.165, 1.54) is 0 Å². The lowest BCUT2D eigenvalue weighted by Gasteiger charge is -2.24. The maximum Gasteiger partial charge on any atom is 0.211 e. The average molecular weight is 345 g/mol. The van der Waals surface area contributed by atoms with E-state index in [-0.39, 0.29) is 17.3 Å². The molecule has 0 radical (unpaired) electrons. The molecule has 0 aromatic heterocycles. The van der Waals surface area contributed by atoms with Crippen molar-refractivity contribution in [3.05, 3.63) is 118 Å². The number of benzene rings is 3. The largest absolute Gasteiger partial charge is 0.293 e. The van der Waals surface area contributed by atoms with Gasteiger partial charge in [0.2, 0.25) is 6.54 Å². The Labute approximate surface area is 152 Å². The van der Waals surface area contributed by atoms with Gasteiger partial charge >= 0.3 is 0 Å². The van der Waals surface area contributed by atoms with Crippen molar-refractivity contribution in [1.82, 2.24) is 0 Å². The summed E-state index contributed by atoms with van der Waals surface area (Å²) >= 11 is 0. The molecule has 0 saturated heterocycles. The van der Waals surface area contributed by atoms with Crippen molar-refractivity contribution in [3.63, 3.8) is 0 Å². The molecule has 130 valence electrons. The summed E-state index contributed by atoms with van der Waals surface area (Å²) in [6.07, 6.45) is 0. The Hall–Kier alpha value is -3.27. The summed E-state index contributed by atoms with van der Waals surface area (Å²) < 4.78 is 0. The highest BCUT2D eigenvalue weighted by Gasteiger charge is 2.35. The van der Waals surface area contributed by atoms with Crippen LogP contribution in [0.25, 0.3) is 0 Å². The molecule has 26 heavy (non-hydrogen) atoms. The molecule has 0 saturated carbocycles. The van der Waals surface area contributed by atoms with Crippen molar-refractivity contribution in [2.24, 2.45) is 0 Å². The molecule has 0 aliphatic rings. The number of Topliss-reactive ketones (excluding diaryl/α,β-unsaturated/α-hetero) is 1. The van der Waals surface area contributed by atoms with Crippen LogP contribution in [0.3, 0.4) is 0 Å². The van der Waals surface area contributed by atoms with Crippen molar-refractivity contribution in [1.29, 1.82) is 0 Å². The summed E-state index contributed by atoms with van der Waals surface area (Å²) in [5.41, 5.74) is 2.14. The topological polar surface area (TPSA) is 60.2 Å². The quantitative estimate of drug-likeness (QED) is 0.354. The van der Waals surface area contributed by atoms with E-state index in [1.807, 2.05) is 66.7 Å². The maximum atomic E-state index is 13.3. The molecule has 0 aliphatic carbocycles. The Kier molecular flexibility index (Phi) is 5.54. The fourth-order valence-corrected chi connectivity index (χ4v) is 3.27. The van der Waals surface area contributed by atoms with Crippen LogP contribution in [0.4, 0.5) is 0 Å². The Morgan fingerprint density at radius 3 is 1.73 bits per heavy atom. The molecule has 0 N–H and O–H groups in total. The van der Waals surface area contributed by atoms with Crippen LogP contribution < -0.4 is 0 Å². The highest BCUT2D eigenvalue weighted by atomic mass is 16.6. The first kappa shape index (κ1) is 17.5. The molecule has 4 nitrogen and oxygen atoms in total. The predicted octanol–water partition coefficient (Wildman–Crippen LogP) is 4.71. The average Bonchev–Trinajstić information content (AvgIpc) is 2.69. The summed E-state index contributed by atoms with van der Waals surface area (Å²) in [5.74, 6) is -1.26. The van der Waals surface area contributed by atoms with Crippen LogP contribution in [0, 0.1) is 10.1 Å². The van der Waals surface area contributed by atoms with Gasteiger partial charge in [-0.05, 0) is 11.1 Å². The molecule has 0 amide bonds. The third-order valence-corrected chi connectivity index (χ3v) is 4.48. The van der Waals surface area contributed by atoms with Gasteiger partial charge in [-0.1, -0.05) is 91.0 Å². The van der Waals surface area contributed by atoms with Crippen LogP contribution in [0.5, 0.6) is 0 Å². The number of hydrogen-bond acceptors (Lipinski definition) is 3. The van der Waals surface area contributed by atoms with Gasteiger partial charge in [0.25, 0.3) is 0 Å². The number of nitrogens with zero attached hydrogens (tertiary/aromatic N) is 1. The van der Waals surface area contributed by atoms with Gasteiger partial charge in [-0.15, -0.1) is 0 Å². The molecular weight excluding hydrogens is 326 g/mol. The second kappa shape index (κ2) is 8.21. The minimum atomic E-state index is -0.619. The number of carbonyl (C=O) groups is 1. The third-order valence-electron chi connectivity index (χ3n) is 4.48. The van der Waals surface area contributed by atoms with Crippen LogP contribution in [0.2, 0.25) is 0 Å². The Morgan fingerprint density at radius 1 is 0.769 bits per heavy atom. The van der Waals surface area contributed by atoms with Gasteiger partial charge in [-0.3, -0.25) is 14.9 Å². The third kappa shape index (κ3) is 4.03. The summed E-state index contributed by atoms with van der Waals surface area (Å²) in [5, 5.41) is 11.4. The van der Waals surface area contributed by atoms with E-state index in [9.17, 15) is 14.9 Å². The van der Waals surface area contributed by atoms with E-state index in [0.29, 0.717) is 5.56 Å². The van der Waals surface area contributed by atoms with Gasteiger partial charge in [0, 0.05) is 10.5 Å². The predicted molar refractivity (Wildman–Crippen MR) is 101 cm³/mol. The summed E-state index contributed by atoms with van der Waals surface area (Å²) in [6, 6.07) is 27.5. The molecular formula is C22H19NO3. The molecule has 2 unspecified atom stereocenters. The Morgan fingerprint density at radius 2 is 1.23 bits per heavy atom. The molecule has 0 heterocycles. The highest BCUT2D eigenvalue weighted by molar-refractivity contribution is 6.01. The van der Waals surface area contributed by atoms with Crippen LogP contribution in [0.1, 0.15) is 33.3 Å². The molecule has 0 aliphatic heterocycles. The van der Waals surface area contributed by atoms with Crippen molar-refractivity contribution >= 4 is 5.78 Å². The Bertz CT molecular complexity index is 864. The second-order valence-electron chi connectivity index (χ2n) is 6.15. The van der Waals surface area contributed by atoms with Gasteiger partial charge in [-0.2, -0.15) is 0 Å². The lowest BCUT2D eigenvalue weighted by molar-refractivity contribution is -0.483. The van der Waals surface area contributed by atoms with Gasteiger partial charge in [-0.25, -0.2) is 0 Å². The molecule has 0 fully saturated rings. The number of rotatable bonds is 7. The molecule has 4 heteroatoms. The molecule has 0 spiro atoms. The first-order valence-electron chi connectivity index (χ1n) is 8.48. The normalized spacial score (nSPS) is 12.9. The van der Waals surface area contributed by atoms with Crippen molar-refractivity contribution in [2.75, 3.05) is 6.54 Å². The van der Waals surface area contributed by atoms with E-state index in [4.69, 9.17) is 0 Å². The zero-order chi connectivity index (χ0) is 18.4. The van der Waals surface area contributed by atoms with Gasteiger partial charge in [0.15, 0.2) is 5.78 Å².